The quantitative estimate of drug-likeness (QED) is 0.804. The Kier molecular flexibility index (Phi) is 3.35. The normalized spacial score (nSPS) is 23.8. The highest BCUT2D eigenvalue weighted by molar-refractivity contribution is 5.50. The molecule has 0 fully saturated rings. The van der Waals surface area contributed by atoms with Crippen LogP contribution in [0.1, 0.15) is 17.2 Å². The van der Waals surface area contributed by atoms with Gasteiger partial charge in [-0.15, -0.1) is 0 Å². The Morgan fingerprint density at radius 3 is 2.74 bits per heavy atom. The van der Waals surface area contributed by atoms with Crippen LogP contribution in [0.15, 0.2) is 12.1 Å². The molecule has 1 aromatic carbocycles. The molecule has 2 aliphatic rings. The molecule has 0 saturated carbocycles. The van der Waals surface area contributed by atoms with Gasteiger partial charge in [-0.25, -0.2) is 0 Å². The summed E-state index contributed by atoms with van der Waals surface area (Å²) in [6.45, 7) is 2.09. The molecule has 3 N–H and O–H groups in total. The van der Waals surface area contributed by atoms with Crippen LogP contribution in [0.2, 0.25) is 0 Å². The second-order valence-corrected chi connectivity index (χ2v) is 5.22. The predicted molar refractivity (Wildman–Crippen MR) is 71.6 cm³/mol. The van der Waals surface area contributed by atoms with Crippen molar-refractivity contribution in [2.45, 2.75) is 18.5 Å². The molecule has 0 bridgehead atoms. The van der Waals surface area contributed by atoms with Gasteiger partial charge >= 0.3 is 0 Å². The molecule has 5 nitrogen and oxygen atoms in total. The molecular weight excluding hydrogens is 244 g/mol. The van der Waals surface area contributed by atoms with Gasteiger partial charge in [0.25, 0.3) is 0 Å². The van der Waals surface area contributed by atoms with Gasteiger partial charge in [0, 0.05) is 12.6 Å². The fourth-order valence-electron chi connectivity index (χ4n) is 2.97. The van der Waals surface area contributed by atoms with Gasteiger partial charge in [-0.2, -0.15) is 0 Å². The van der Waals surface area contributed by atoms with Crippen LogP contribution in [0.3, 0.4) is 0 Å². The summed E-state index contributed by atoms with van der Waals surface area (Å²) in [4.78, 5) is 2.19. The van der Waals surface area contributed by atoms with E-state index in [1.165, 1.54) is 5.56 Å². The van der Waals surface area contributed by atoms with Crippen molar-refractivity contribution >= 4 is 0 Å². The Morgan fingerprint density at radius 1 is 1.37 bits per heavy atom. The van der Waals surface area contributed by atoms with Gasteiger partial charge < -0.3 is 20.3 Å². The third-order valence-corrected chi connectivity index (χ3v) is 3.95. The lowest BCUT2D eigenvalue weighted by Crippen LogP contribution is -2.45. The van der Waals surface area contributed by atoms with Crippen LogP contribution in [0.5, 0.6) is 11.5 Å². The van der Waals surface area contributed by atoms with Gasteiger partial charge in [-0.05, 0) is 36.7 Å². The molecule has 0 amide bonds. The fourth-order valence-corrected chi connectivity index (χ4v) is 2.97. The summed E-state index contributed by atoms with van der Waals surface area (Å²) in [5, 5.41) is 9.36. The van der Waals surface area contributed by atoms with Crippen molar-refractivity contribution in [2.75, 3.05) is 33.4 Å². The lowest BCUT2D eigenvalue weighted by atomic mass is 9.88. The molecule has 0 aliphatic carbocycles. The molecule has 104 valence electrons. The fraction of sp³-hybridized carbons (Fsp3) is 0.571. The molecule has 1 aromatic rings. The van der Waals surface area contributed by atoms with Gasteiger partial charge in [0.05, 0.1) is 12.6 Å². The van der Waals surface area contributed by atoms with Crippen molar-refractivity contribution in [3.63, 3.8) is 0 Å². The summed E-state index contributed by atoms with van der Waals surface area (Å²) < 4.78 is 11.3. The first-order valence-corrected chi connectivity index (χ1v) is 6.70. The monoisotopic (exact) mass is 264 g/mol. The van der Waals surface area contributed by atoms with E-state index >= 15 is 0 Å². The number of aliphatic hydroxyl groups excluding tert-OH is 1. The first-order chi connectivity index (χ1) is 9.20. The summed E-state index contributed by atoms with van der Waals surface area (Å²) in [5.41, 5.74) is 8.46. The summed E-state index contributed by atoms with van der Waals surface area (Å²) >= 11 is 0. The van der Waals surface area contributed by atoms with Gasteiger partial charge in [-0.1, -0.05) is 0 Å². The van der Waals surface area contributed by atoms with E-state index < -0.39 is 0 Å². The summed E-state index contributed by atoms with van der Waals surface area (Å²) in [5.74, 6) is 1.61. The van der Waals surface area contributed by atoms with Gasteiger partial charge in [0.15, 0.2) is 11.5 Å². The van der Waals surface area contributed by atoms with Gasteiger partial charge in [0.1, 0.15) is 13.2 Å². The zero-order valence-electron chi connectivity index (χ0n) is 11.1. The van der Waals surface area contributed by atoms with E-state index in [0.29, 0.717) is 13.2 Å². The van der Waals surface area contributed by atoms with E-state index in [2.05, 4.69) is 11.0 Å². The van der Waals surface area contributed by atoms with E-state index in [0.717, 1.165) is 30.0 Å². The summed E-state index contributed by atoms with van der Waals surface area (Å²) in [7, 11) is 2.04. The van der Waals surface area contributed by atoms with Crippen molar-refractivity contribution in [3.05, 3.63) is 23.3 Å². The van der Waals surface area contributed by atoms with E-state index in [1.54, 1.807) is 0 Å². The number of ether oxygens (including phenoxy) is 2. The van der Waals surface area contributed by atoms with E-state index in [9.17, 15) is 5.11 Å². The van der Waals surface area contributed by atoms with E-state index in [1.807, 2.05) is 13.1 Å². The minimum Gasteiger partial charge on any atom is -0.486 e. The summed E-state index contributed by atoms with van der Waals surface area (Å²) in [6.07, 6.45) is 0.969. The molecule has 3 rings (SSSR count). The Labute approximate surface area is 112 Å². The lowest BCUT2D eigenvalue weighted by molar-refractivity contribution is 0.147. The molecule has 5 heteroatoms. The Bertz CT molecular complexity index is 478. The average Bonchev–Trinajstić information content (AvgIpc) is 2.44. The number of rotatable bonds is 2. The zero-order chi connectivity index (χ0) is 13.4. The maximum absolute atomic E-state index is 9.36. The second-order valence-electron chi connectivity index (χ2n) is 5.22. The number of hydrogen-bond acceptors (Lipinski definition) is 5. The third kappa shape index (κ3) is 2.18. The number of nitrogens with zero attached hydrogens (tertiary/aromatic N) is 1. The summed E-state index contributed by atoms with van der Waals surface area (Å²) in [6, 6.07) is 3.84. The molecule has 2 aliphatic heterocycles. The first kappa shape index (κ1) is 12.7. The maximum Gasteiger partial charge on any atom is 0.161 e. The number of benzene rings is 1. The van der Waals surface area contributed by atoms with Crippen LogP contribution in [0, 0.1) is 0 Å². The zero-order valence-corrected chi connectivity index (χ0v) is 11.1. The van der Waals surface area contributed by atoms with Crippen molar-refractivity contribution in [2.24, 2.45) is 5.73 Å². The van der Waals surface area contributed by atoms with Gasteiger partial charge in [-0.3, -0.25) is 4.90 Å². The SMILES string of the molecule is CN1CCc2cc3c(cc2C1C(N)CO)OCCO3. The van der Waals surface area contributed by atoms with Crippen molar-refractivity contribution in [1.29, 1.82) is 0 Å². The van der Waals surface area contributed by atoms with Crippen LogP contribution < -0.4 is 15.2 Å². The number of aliphatic hydroxyl groups is 1. The molecule has 2 heterocycles. The molecule has 19 heavy (non-hydrogen) atoms. The van der Waals surface area contributed by atoms with Crippen LogP contribution in [0.25, 0.3) is 0 Å². The highest BCUT2D eigenvalue weighted by atomic mass is 16.6. The molecule has 0 saturated heterocycles. The Morgan fingerprint density at radius 2 is 2.05 bits per heavy atom. The molecule has 0 aromatic heterocycles. The minimum atomic E-state index is -0.286. The Balaban J connectivity index is 2.04. The van der Waals surface area contributed by atoms with Crippen LogP contribution in [-0.4, -0.2) is 49.5 Å². The van der Waals surface area contributed by atoms with Crippen LogP contribution >= 0.6 is 0 Å². The number of likely N-dealkylation sites (N-methyl/N-ethyl adjacent to an activating group) is 1. The smallest absolute Gasteiger partial charge is 0.161 e. The van der Waals surface area contributed by atoms with E-state index in [4.69, 9.17) is 15.2 Å². The molecule has 0 spiro atoms. The Hall–Kier alpha value is -1.30. The molecule has 2 atom stereocenters. The second kappa shape index (κ2) is 5.00. The molecule has 2 unspecified atom stereocenters. The number of nitrogens with two attached hydrogens (primary N) is 1. The first-order valence-electron chi connectivity index (χ1n) is 6.70. The lowest BCUT2D eigenvalue weighted by Gasteiger charge is -2.38. The number of fused-ring (bicyclic) bond motifs is 2. The molecule has 0 radical (unpaired) electrons. The molecular formula is C14H20N2O3. The van der Waals surface area contributed by atoms with Crippen molar-refractivity contribution in [3.8, 4) is 11.5 Å². The van der Waals surface area contributed by atoms with Gasteiger partial charge in [0.2, 0.25) is 0 Å². The predicted octanol–water partition coefficient (Wildman–Crippen LogP) is 0.306. The standard InChI is InChI=1S/C14H20N2O3/c1-16-3-2-9-6-12-13(19-5-4-18-12)7-10(9)14(16)11(15)8-17/h6-7,11,14,17H,2-5,8,15H2,1H3. The van der Waals surface area contributed by atoms with Crippen LogP contribution in [-0.2, 0) is 6.42 Å². The van der Waals surface area contributed by atoms with E-state index in [-0.39, 0.29) is 18.7 Å². The van der Waals surface area contributed by atoms with Crippen molar-refractivity contribution in [1.82, 2.24) is 4.90 Å². The number of hydrogen-bond donors (Lipinski definition) is 2. The largest absolute Gasteiger partial charge is 0.486 e. The van der Waals surface area contributed by atoms with Crippen molar-refractivity contribution < 1.29 is 14.6 Å². The minimum absolute atomic E-state index is 0.0249. The highest BCUT2D eigenvalue weighted by Gasteiger charge is 2.31. The van der Waals surface area contributed by atoms with Crippen LogP contribution in [0.4, 0.5) is 0 Å². The topological polar surface area (TPSA) is 68.0 Å². The highest BCUT2D eigenvalue weighted by Crippen LogP contribution is 2.39. The maximum atomic E-state index is 9.36. The average molecular weight is 264 g/mol. The third-order valence-electron chi connectivity index (χ3n) is 3.95.